The first-order valence-corrected chi connectivity index (χ1v) is 10.9. The molecule has 0 spiro atoms. The molecule has 0 saturated heterocycles. The number of thioether (sulfide) groups is 1. The van der Waals surface area contributed by atoms with Crippen molar-refractivity contribution in [3.63, 3.8) is 0 Å². The molecule has 0 bridgehead atoms. The summed E-state index contributed by atoms with van der Waals surface area (Å²) in [5.41, 5.74) is 1.72. The molecule has 10 heteroatoms. The number of ether oxygens (including phenoxy) is 1. The average Bonchev–Trinajstić information content (AvgIpc) is 3.20. The first kappa shape index (κ1) is 22.3. The second-order valence-corrected chi connectivity index (χ2v) is 8.10. The molecule has 33 heavy (non-hydrogen) atoms. The van der Waals surface area contributed by atoms with Gasteiger partial charge >= 0.3 is 11.6 Å². The summed E-state index contributed by atoms with van der Waals surface area (Å²) in [6, 6.07) is 11.3. The lowest BCUT2D eigenvalue weighted by Crippen LogP contribution is -2.10. The van der Waals surface area contributed by atoms with E-state index in [4.69, 9.17) is 13.7 Å². The third-order valence-corrected chi connectivity index (χ3v) is 5.57. The SMILES string of the molecule is CC(=O)Nc1ccc2c(COC(=O)c3cccnc3SCc3cc(C)on3)cc(=O)oc2c1. The van der Waals surface area contributed by atoms with Crippen LogP contribution in [0.5, 0.6) is 0 Å². The zero-order valence-electron chi connectivity index (χ0n) is 17.8. The topological polar surface area (TPSA) is 125 Å². The number of benzene rings is 1. The van der Waals surface area contributed by atoms with Crippen molar-refractivity contribution in [1.82, 2.24) is 10.1 Å². The fourth-order valence-corrected chi connectivity index (χ4v) is 4.00. The standard InChI is InChI=1S/C23H19N3O6S/c1-13-8-17(26-32-13)12-33-22-19(4-3-7-24-22)23(29)30-11-15-9-21(28)31-20-10-16(25-14(2)27)5-6-18(15)20/h3-10H,11-12H2,1-2H3,(H,25,27). The normalized spacial score (nSPS) is 10.8. The zero-order chi connectivity index (χ0) is 23.4. The first-order valence-electron chi connectivity index (χ1n) is 9.90. The van der Waals surface area contributed by atoms with Gasteiger partial charge in [-0.3, -0.25) is 4.79 Å². The van der Waals surface area contributed by atoms with Gasteiger partial charge in [0.05, 0.1) is 11.3 Å². The van der Waals surface area contributed by atoms with E-state index in [0.717, 1.165) is 5.69 Å². The summed E-state index contributed by atoms with van der Waals surface area (Å²) < 4.78 is 15.8. The van der Waals surface area contributed by atoms with E-state index < -0.39 is 11.6 Å². The van der Waals surface area contributed by atoms with Crippen LogP contribution in [0.4, 0.5) is 5.69 Å². The van der Waals surface area contributed by atoms with E-state index >= 15 is 0 Å². The van der Waals surface area contributed by atoms with Crippen LogP contribution in [0.1, 0.15) is 34.3 Å². The molecule has 4 aromatic rings. The van der Waals surface area contributed by atoms with Crippen LogP contribution in [-0.4, -0.2) is 22.0 Å². The van der Waals surface area contributed by atoms with E-state index in [0.29, 0.717) is 38.7 Å². The number of hydrogen-bond donors (Lipinski definition) is 1. The number of aryl methyl sites for hydroxylation is 1. The summed E-state index contributed by atoms with van der Waals surface area (Å²) in [4.78, 5) is 40.4. The van der Waals surface area contributed by atoms with Crippen LogP contribution < -0.4 is 10.9 Å². The van der Waals surface area contributed by atoms with Gasteiger partial charge in [0.1, 0.15) is 23.0 Å². The summed E-state index contributed by atoms with van der Waals surface area (Å²) in [5.74, 6) is 0.370. The summed E-state index contributed by atoms with van der Waals surface area (Å²) >= 11 is 1.34. The smallest absolute Gasteiger partial charge is 0.341 e. The molecule has 0 aliphatic rings. The Hall–Kier alpha value is -3.92. The lowest BCUT2D eigenvalue weighted by Gasteiger charge is -2.10. The Labute approximate surface area is 192 Å². The van der Waals surface area contributed by atoms with Crippen LogP contribution >= 0.6 is 11.8 Å². The fraction of sp³-hybridized carbons (Fsp3) is 0.174. The van der Waals surface area contributed by atoms with Gasteiger partial charge in [-0.2, -0.15) is 0 Å². The molecular formula is C23H19N3O6S. The number of aromatic nitrogens is 2. The van der Waals surface area contributed by atoms with Crippen molar-refractivity contribution in [3.05, 3.63) is 81.7 Å². The number of carbonyl (C=O) groups is 2. The highest BCUT2D eigenvalue weighted by Crippen LogP contribution is 2.26. The third kappa shape index (κ3) is 5.47. The Morgan fingerprint density at radius 1 is 1.18 bits per heavy atom. The van der Waals surface area contributed by atoms with Crippen molar-refractivity contribution < 1.29 is 23.3 Å². The molecule has 1 N–H and O–H groups in total. The number of esters is 1. The summed E-state index contributed by atoms with van der Waals surface area (Å²) in [7, 11) is 0. The highest BCUT2D eigenvalue weighted by molar-refractivity contribution is 7.98. The van der Waals surface area contributed by atoms with Gasteiger partial charge in [-0.1, -0.05) is 16.9 Å². The summed E-state index contributed by atoms with van der Waals surface area (Å²) in [6.07, 6.45) is 1.59. The van der Waals surface area contributed by atoms with Crippen LogP contribution in [0.15, 0.2) is 67.4 Å². The Morgan fingerprint density at radius 3 is 2.79 bits per heavy atom. The number of pyridine rings is 1. The molecule has 0 aliphatic heterocycles. The van der Waals surface area contributed by atoms with E-state index in [1.165, 1.54) is 24.8 Å². The molecule has 3 heterocycles. The van der Waals surface area contributed by atoms with Crippen molar-refractivity contribution in [1.29, 1.82) is 0 Å². The number of amides is 1. The Bertz CT molecular complexity index is 1390. The predicted molar refractivity (Wildman–Crippen MR) is 121 cm³/mol. The Kier molecular flexibility index (Phi) is 6.55. The van der Waals surface area contributed by atoms with Crippen molar-refractivity contribution in [3.8, 4) is 0 Å². The van der Waals surface area contributed by atoms with Gasteiger partial charge in [0, 0.05) is 53.7 Å². The molecule has 3 aromatic heterocycles. The first-order chi connectivity index (χ1) is 15.9. The monoisotopic (exact) mass is 465 g/mol. The molecule has 0 radical (unpaired) electrons. The second-order valence-electron chi connectivity index (χ2n) is 7.13. The predicted octanol–water partition coefficient (Wildman–Crippen LogP) is 4.09. The minimum atomic E-state index is -0.589. The molecule has 4 rings (SSSR count). The van der Waals surface area contributed by atoms with Gasteiger partial charge in [0.25, 0.3) is 0 Å². The zero-order valence-corrected chi connectivity index (χ0v) is 18.6. The minimum absolute atomic E-state index is 0.137. The van der Waals surface area contributed by atoms with E-state index in [9.17, 15) is 14.4 Å². The number of nitrogens with one attached hydrogen (secondary N) is 1. The number of hydrogen-bond acceptors (Lipinski definition) is 9. The highest BCUT2D eigenvalue weighted by atomic mass is 32.2. The van der Waals surface area contributed by atoms with Crippen molar-refractivity contribution >= 4 is 40.3 Å². The average molecular weight is 465 g/mol. The summed E-state index contributed by atoms with van der Waals surface area (Å²) in [6.45, 7) is 3.05. The highest BCUT2D eigenvalue weighted by Gasteiger charge is 2.16. The molecule has 0 saturated carbocycles. The van der Waals surface area contributed by atoms with Crippen molar-refractivity contribution in [2.45, 2.75) is 31.2 Å². The second kappa shape index (κ2) is 9.70. The van der Waals surface area contributed by atoms with Crippen LogP contribution in [0, 0.1) is 6.92 Å². The summed E-state index contributed by atoms with van der Waals surface area (Å²) in [5, 5.41) is 7.67. The van der Waals surface area contributed by atoms with E-state index in [2.05, 4.69) is 15.5 Å². The lowest BCUT2D eigenvalue weighted by molar-refractivity contribution is -0.114. The number of rotatable bonds is 7. The third-order valence-electron chi connectivity index (χ3n) is 4.53. The Morgan fingerprint density at radius 2 is 2.03 bits per heavy atom. The largest absolute Gasteiger partial charge is 0.457 e. The van der Waals surface area contributed by atoms with Crippen LogP contribution in [0.3, 0.4) is 0 Å². The van der Waals surface area contributed by atoms with Crippen LogP contribution in [-0.2, 0) is 21.9 Å². The molecule has 9 nitrogen and oxygen atoms in total. The maximum Gasteiger partial charge on any atom is 0.341 e. The molecular weight excluding hydrogens is 446 g/mol. The van der Waals surface area contributed by atoms with Crippen molar-refractivity contribution in [2.75, 3.05) is 5.32 Å². The molecule has 1 aromatic carbocycles. The molecule has 168 valence electrons. The number of anilines is 1. The quantitative estimate of drug-likeness (QED) is 0.244. The van der Waals surface area contributed by atoms with Crippen LogP contribution in [0.25, 0.3) is 11.0 Å². The maximum atomic E-state index is 12.8. The number of fused-ring (bicyclic) bond motifs is 1. The minimum Gasteiger partial charge on any atom is -0.457 e. The maximum absolute atomic E-state index is 12.8. The lowest BCUT2D eigenvalue weighted by atomic mass is 10.1. The molecule has 1 amide bonds. The number of nitrogens with zero attached hydrogens (tertiary/aromatic N) is 2. The van der Waals surface area contributed by atoms with Gasteiger partial charge < -0.3 is 19.0 Å². The number of carbonyl (C=O) groups excluding carboxylic acids is 2. The van der Waals surface area contributed by atoms with E-state index in [1.54, 1.807) is 43.5 Å². The molecule has 0 unspecified atom stereocenters. The van der Waals surface area contributed by atoms with Gasteiger partial charge in [0.2, 0.25) is 5.91 Å². The van der Waals surface area contributed by atoms with E-state index in [-0.39, 0.29) is 18.1 Å². The Balaban J connectivity index is 1.51. The fourth-order valence-electron chi connectivity index (χ4n) is 3.14. The van der Waals surface area contributed by atoms with E-state index in [1.807, 2.05) is 6.07 Å². The van der Waals surface area contributed by atoms with Gasteiger partial charge in [-0.15, -0.1) is 0 Å². The van der Waals surface area contributed by atoms with Crippen molar-refractivity contribution in [2.24, 2.45) is 0 Å². The van der Waals surface area contributed by atoms with Crippen LogP contribution in [0.2, 0.25) is 0 Å². The van der Waals surface area contributed by atoms with Gasteiger partial charge in [0.15, 0.2) is 0 Å². The van der Waals surface area contributed by atoms with Gasteiger partial charge in [-0.25, -0.2) is 14.6 Å². The van der Waals surface area contributed by atoms with Gasteiger partial charge in [-0.05, 0) is 31.2 Å². The molecule has 0 fully saturated rings. The molecule has 0 aliphatic carbocycles. The molecule has 0 atom stereocenters.